The number of aromatic nitrogens is 3. The van der Waals surface area contributed by atoms with Crippen LogP contribution in [0.5, 0.6) is 0 Å². The van der Waals surface area contributed by atoms with Crippen LogP contribution in [0.4, 0.5) is 0 Å². The summed E-state index contributed by atoms with van der Waals surface area (Å²) in [6.45, 7) is 0.552. The van der Waals surface area contributed by atoms with Gasteiger partial charge in [-0.15, -0.1) is 5.10 Å². The first kappa shape index (κ1) is 18.9. The van der Waals surface area contributed by atoms with Crippen molar-refractivity contribution < 1.29 is 14.7 Å². The summed E-state index contributed by atoms with van der Waals surface area (Å²) in [4.78, 5) is 22.4. The molecule has 25 heavy (non-hydrogen) atoms. The molecule has 2 N–H and O–H groups in total. The minimum absolute atomic E-state index is 0.220. The number of hydrogen-bond donors (Lipinski definition) is 2. The van der Waals surface area contributed by atoms with E-state index in [4.69, 9.17) is 16.7 Å². The zero-order chi connectivity index (χ0) is 18.1. The highest BCUT2D eigenvalue weighted by atomic mass is 35.5. The maximum absolute atomic E-state index is 12.1. The van der Waals surface area contributed by atoms with Gasteiger partial charge in [0.2, 0.25) is 0 Å². The van der Waals surface area contributed by atoms with Crippen LogP contribution in [0, 0.1) is 0 Å². The summed E-state index contributed by atoms with van der Waals surface area (Å²) in [5.74, 6) is -1.03. The number of benzene rings is 1. The quantitative estimate of drug-likeness (QED) is 0.631. The Balaban J connectivity index is 1.70. The Bertz CT molecular complexity index is 717. The van der Waals surface area contributed by atoms with Crippen LogP contribution in [0.1, 0.15) is 49.0 Å². The van der Waals surface area contributed by atoms with Gasteiger partial charge in [-0.3, -0.25) is 9.59 Å². The van der Waals surface area contributed by atoms with Crippen molar-refractivity contribution in [2.24, 2.45) is 0 Å². The molecule has 0 spiro atoms. The number of carboxylic acid groups (broad SMARTS) is 1. The molecule has 0 saturated heterocycles. The smallest absolute Gasteiger partial charge is 0.303 e. The van der Waals surface area contributed by atoms with Gasteiger partial charge in [-0.1, -0.05) is 48.2 Å². The van der Waals surface area contributed by atoms with Crippen molar-refractivity contribution in [3.8, 4) is 5.69 Å². The number of hydrogen-bond acceptors (Lipinski definition) is 4. The zero-order valence-corrected chi connectivity index (χ0v) is 14.6. The van der Waals surface area contributed by atoms with Crippen LogP contribution < -0.4 is 5.32 Å². The molecule has 2 aromatic rings. The summed E-state index contributed by atoms with van der Waals surface area (Å²) in [6.07, 6.45) is 6.12. The molecule has 0 bridgehead atoms. The molecule has 0 aliphatic heterocycles. The van der Waals surface area contributed by atoms with Crippen molar-refractivity contribution in [2.75, 3.05) is 6.54 Å². The standard InChI is InChI=1S/C17H21ClN4O3/c18-13-8-5-6-9-15(13)22-12-14(20-21-22)17(25)19-11-7-3-1-2-4-10-16(23)24/h5-6,8-9,12H,1-4,7,10-11H2,(H,19,25)(H,23,24). The van der Waals surface area contributed by atoms with Crippen molar-refractivity contribution in [3.63, 3.8) is 0 Å². The fraction of sp³-hybridized carbons (Fsp3) is 0.412. The minimum Gasteiger partial charge on any atom is -0.481 e. The molecule has 8 heteroatoms. The molecule has 0 aliphatic carbocycles. The molecular weight excluding hydrogens is 344 g/mol. The monoisotopic (exact) mass is 364 g/mol. The summed E-state index contributed by atoms with van der Waals surface area (Å²) in [5.41, 5.74) is 0.901. The number of aliphatic carboxylic acids is 1. The minimum atomic E-state index is -0.753. The highest BCUT2D eigenvalue weighted by Gasteiger charge is 2.12. The first-order valence-electron chi connectivity index (χ1n) is 8.25. The van der Waals surface area contributed by atoms with Gasteiger partial charge in [0.1, 0.15) is 0 Å². The lowest BCUT2D eigenvalue weighted by molar-refractivity contribution is -0.137. The van der Waals surface area contributed by atoms with Gasteiger partial charge in [0, 0.05) is 13.0 Å². The Hall–Kier alpha value is -2.41. The van der Waals surface area contributed by atoms with Crippen LogP contribution in [-0.4, -0.2) is 38.5 Å². The van der Waals surface area contributed by atoms with Gasteiger partial charge in [-0.25, -0.2) is 4.68 Å². The molecule has 0 unspecified atom stereocenters. The molecule has 1 aromatic heterocycles. The number of carbonyl (C=O) groups excluding carboxylic acids is 1. The third-order valence-electron chi connectivity index (χ3n) is 3.68. The molecule has 0 saturated carbocycles. The molecule has 1 aromatic carbocycles. The lowest BCUT2D eigenvalue weighted by atomic mass is 10.1. The maximum Gasteiger partial charge on any atom is 0.303 e. The highest BCUT2D eigenvalue weighted by molar-refractivity contribution is 6.32. The van der Waals surface area contributed by atoms with E-state index in [1.54, 1.807) is 18.3 Å². The summed E-state index contributed by atoms with van der Waals surface area (Å²) in [6, 6.07) is 7.19. The number of amides is 1. The molecule has 0 atom stereocenters. The van der Waals surface area contributed by atoms with Gasteiger partial charge in [0.25, 0.3) is 5.91 Å². The van der Waals surface area contributed by atoms with Gasteiger partial charge in [0.15, 0.2) is 5.69 Å². The van der Waals surface area contributed by atoms with Crippen molar-refractivity contribution >= 4 is 23.5 Å². The first-order chi connectivity index (χ1) is 12.1. The van der Waals surface area contributed by atoms with Gasteiger partial charge in [0.05, 0.1) is 16.9 Å². The number of rotatable bonds is 10. The molecule has 7 nitrogen and oxygen atoms in total. The molecule has 1 heterocycles. The third-order valence-corrected chi connectivity index (χ3v) is 4.00. The molecular formula is C17H21ClN4O3. The van der Waals surface area contributed by atoms with Crippen molar-refractivity contribution in [2.45, 2.75) is 38.5 Å². The summed E-state index contributed by atoms with van der Waals surface area (Å²) in [5, 5.41) is 19.7. The van der Waals surface area contributed by atoms with Crippen LogP contribution in [0.25, 0.3) is 5.69 Å². The number of halogens is 1. The van der Waals surface area contributed by atoms with E-state index in [-0.39, 0.29) is 18.0 Å². The Kier molecular flexibility index (Phi) is 7.40. The van der Waals surface area contributed by atoms with Crippen LogP contribution in [0.15, 0.2) is 30.5 Å². The van der Waals surface area contributed by atoms with E-state index in [0.717, 1.165) is 25.7 Å². The summed E-state index contributed by atoms with van der Waals surface area (Å²) < 4.78 is 1.47. The van der Waals surface area contributed by atoms with E-state index in [9.17, 15) is 9.59 Å². The van der Waals surface area contributed by atoms with E-state index >= 15 is 0 Å². The Morgan fingerprint density at radius 2 is 1.84 bits per heavy atom. The second-order valence-electron chi connectivity index (χ2n) is 5.67. The van der Waals surface area contributed by atoms with Crippen LogP contribution in [-0.2, 0) is 4.79 Å². The van der Waals surface area contributed by atoms with Gasteiger partial charge in [-0.05, 0) is 25.0 Å². The third kappa shape index (κ3) is 6.19. The lowest BCUT2D eigenvalue weighted by Crippen LogP contribution is -2.24. The van der Waals surface area contributed by atoms with Crippen LogP contribution in [0.2, 0.25) is 5.02 Å². The van der Waals surface area contributed by atoms with E-state index in [0.29, 0.717) is 23.7 Å². The van der Waals surface area contributed by atoms with E-state index in [2.05, 4.69) is 15.6 Å². The number of nitrogens with zero attached hydrogens (tertiary/aromatic N) is 3. The first-order valence-corrected chi connectivity index (χ1v) is 8.63. The fourth-order valence-electron chi connectivity index (χ4n) is 2.35. The molecule has 2 rings (SSSR count). The summed E-state index contributed by atoms with van der Waals surface area (Å²) in [7, 11) is 0. The average molecular weight is 365 g/mol. The molecule has 0 aliphatic rings. The van der Waals surface area contributed by atoms with E-state index in [1.807, 2.05) is 12.1 Å². The fourth-order valence-corrected chi connectivity index (χ4v) is 2.57. The molecule has 0 fully saturated rings. The van der Waals surface area contributed by atoms with Gasteiger partial charge in [-0.2, -0.15) is 0 Å². The lowest BCUT2D eigenvalue weighted by Gasteiger charge is -2.03. The predicted molar refractivity (Wildman–Crippen MR) is 94.0 cm³/mol. The Morgan fingerprint density at radius 3 is 2.60 bits per heavy atom. The van der Waals surface area contributed by atoms with Crippen molar-refractivity contribution in [1.29, 1.82) is 0 Å². The largest absolute Gasteiger partial charge is 0.481 e. The zero-order valence-electron chi connectivity index (χ0n) is 13.8. The van der Waals surface area contributed by atoms with Gasteiger partial charge < -0.3 is 10.4 Å². The predicted octanol–water partition coefficient (Wildman–Crippen LogP) is 3.08. The average Bonchev–Trinajstić information content (AvgIpc) is 3.07. The van der Waals surface area contributed by atoms with E-state index in [1.165, 1.54) is 4.68 Å². The van der Waals surface area contributed by atoms with E-state index < -0.39 is 5.97 Å². The van der Waals surface area contributed by atoms with Crippen molar-refractivity contribution in [3.05, 3.63) is 41.2 Å². The van der Waals surface area contributed by atoms with Crippen molar-refractivity contribution in [1.82, 2.24) is 20.3 Å². The number of nitrogens with one attached hydrogen (secondary N) is 1. The molecule has 0 radical (unpaired) electrons. The highest BCUT2D eigenvalue weighted by Crippen LogP contribution is 2.18. The van der Waals surface area contributed by atoms with Gasteiger partial charge >= 0.3 is 5.97 Å². The summed E-state index contributed by atoms with van der Waals surface area (Å²) >= 11 is 6.10. The number of para-hydroxylation sites is 1. The Labute approximate surface area is 151 Å². The molecule has 134 valence electrons. The topological polar surface area (TPSA) is 97.1 Å². The number of unbranched alkanes of at least 4 members (excludes halogenated alkanes) is 4. The second-order valence-corrected chi connectivity index (χ2v) is 6.07. The van der Waals surface area contributed by atoms with Crippen LogP contribution >= 0.6 is 11.6 Å². The number of carbonyl (C=O) groups is 2. The second kappa shape index (κ2) is 9.78. The maximum atomic E-state index is 12.1. The molecule has 1 amide bonds. The normalized spacial score (nSPS) is 10.6. The Morgan fingerprint density at radius 1 is 1.12 bits per heavy atom. The SMILES string of the molecule is O=C(O)CCCCCCCNC(=O)c1cn(-c2ccccc2Cl)nn1. The number of carboxylic acids is 1. The van der Waals surface area contributed by atoms with Crippen LogP contribution in [0.3, 0.4) is 0 Å².